The molecule has 4 nitrogen and oxygen atoms in total. The topological polar surface area (TPSA) is 22.9 Å². The lowest BCUT2D eigenvalue weighted by Gasteiger charge is -2.51. The highest BCUT2D eigenvalue weighted by Crippen LogP contribution is 2.62. The maximum absolute atomic E-state index is 6.75. The average Bonchev–Trinajstić information content (AvgIpc) is 4.05. The van der Waals surface area contributed by atoms with Gasteiger partial charge in [0.1, 0.15) is 11.2 Å². The third kappa shape index (κ3) is 6.33. The molecule has 0 N–H and O–H groups in total. The van der Waals surface area contributed by atoms with Crippen LogP contribution < -0.4 is 31.1 Å². The monoisotopic (exact) mass is 984 g/mol. The zero-order chi connectivity index (χ0) is 51.0. The normalized spacial score (nSPS) is 19.3. The molecule has 8 aromatic carbocycles. The zero-order valence-electron chi connectivity index (χ0n) is 45.0. The summed E-state index contributed by atoms with van der Waals surface area (Å²) < 4.78 is 9.37. The van der Waals surface area contributed by atoms with Crippen molar-refractivity contribution in [3.05, 3.63) is 174 Å². The minimum atomic E-state index is -0.174. The summed E-state index contributed by atoms with van der Waals surface area (Å²) in [5.41, 5.74) is 20.9. The van der Waals surface area contributed by atoms with Gasteiger partial charge in [0.2, 0.25) is 0 Å². The summed E-state index contributed by atoms with van der Waals surface area (Å²) in [4.78, 5) is 8.15. The molecule has 0 spiro atoms. The molecule has 2 atom stereocenters. The van der Waals surface area contributed by atoms with E-state index < -0.39 is 0 Å². The molecule has 1 aliphatic carbocycles. The van der Waals surface area contributed by atoms with Gasteiger partial charge < -0.3 is 19.1 Å². The molecule has 0 amide bonds. The first-order valence-electron chi connectivity index (χ1n) is 27.2. The number of furan rings is 1. The summed E-state index contributed by atoms with van der Waals surface area (Å²) >= 11 is 1.90. The van der Waals surface area contributed by atoms with E-state index in [2.05, 4.69) is 243 Å². The van der Waals surface area contributed by atoms with Gasteiger partial charge in [0.15, 0.2) is 0 Å². The number of nitrogens with zero attached hydrogens (tertiary/aromatic N) is 3. The molecule has 10 aromatic rings. The number of anilines is 8. The largest absolute Gasteiger partial charge is 0.456 e. The van der Waals surface area contributed by atoms with Crippen LogP contribution in [-0.2, 0) is 21.7 Å². The van der Waals surface area contributed by atoms with Crippen LogP contribution >= 0.6 is 11.3 Å². The van der Waals surface area contributed by atoms with E-state index in [9.17, 15) is 0 Å². The first-order valence-corrected chi connectivity index (χ1v) is 28.0. The van der Waals surface area contributed by atoms with Crippen molar-refractivity contribution in [1.82, 2.24) is 0 Å². The molecule has 368 valence electrons. The Morgan fingerprint density at radius 1 is 0.473 bits per heavy atom. The van der Waals surface area contributed by atoms with Gasteiger partial charge >= 0.3 is 0 Å². The SMILES string of the molecule is CC(C)(C)c1ccc2c(c1)B1c3cc(C(C)(C)C)ccc3N(c3cccc4sc5ccccc5c34)c3cc(N4c5ccc(C(C)(C)C)cc5C5(C)CCCCC45C)cc(c31)N2c1cccc2oc3ccccc3c12. The summed E-state index contributed by atoms with van der Waals surface area (Å²) in [5.74, 6) is 0. The maximum atomic E-state index is 6.75. The molecule has 74 heavy (non-hydrogen) atoms. The van der Waals surface area contributed by atoms with Crippen LogP contribution in [0, 0.1) is 0 Å². The molecule has 6 heteroatoms. The van der Waals surface area contributed by atoms with E-state index in [-0.39, 0.29) is 33.9 Å². The van der Waals surface area contributed by atoms with Crippen molar-refractivity contribution in [1.29, 1.82) is 0 Å². The molecule has 2 unspecified atom stereocenters. The molecule has 0 bridgehead atoms. The Kier molecular flexibility index (Phi) is 9.55. The van der Waals surface area contributed by atoms with Crippen LogP contribution in [0.1, 0.15) is 124 Å². The summed E-state index contributed by atoms with van der Waals surface area (Å²) in [6.07, 6.45) is 4.72. The van der Waals surface area contributed by atoms with Gasteiger partial charge in [0.25, 0.3) is 6.71 Å². The van der Waals surface area contributed by atoms with Crippen LogP contribution in [0.4, 0.5) is 45.5 Å². The predicted octanol–water partition coefficient (Wildman–Crippen LogP) is 17.7. The molecule has 3 aliphatic heterocycles. The fourth-order valence-electron chi connectivity index (χ4n) is 14.1. The van der Waals surface area contributed by atoms with Gasteiger partial charge in [0, 0.05) is 65.1 Å². The van der Waals surface area contributed by atoms with Crippen LogP contribution in [0.3, 0.4) is 0 Å². The van der Waals surface area contributed by atoms with E-state index in [1.165, 1.54) is 111 Å². The van der Waals surface area contributed by atoms with Crippen molar-refractivity contribution < 1.29 is 4.42 Å². The van der Waals surface area contributed by atoms with Crippen LogP contribution in [-0.4, -0.2) is 12.3 Å². The molecule has 1 fully saturated rings. The van der Waals surface area contributed by atoms with Crippen molar-refractivity contribution >= 4 is 122 Å². The lowest BCUT2D eigenvalue weighted by atomic mass is 9.33. The summed E-state index contributed by atoms with van der Waals surface area (Å²) in [6.45, 7) is 26.4. The van der Waals surface area contributed by atoms with E-state index in [0.29, 0.717) is 0 Å². The van der Waals surface area contributed by atoms with Crippen LogP contribution in [0.15, 0.2) is 156 Å². The quantitative estimate of drug-likeness (QED) is 0.165. The number of fused-ring (bicyclic) bond motifs is 13. The lowest BCUT2D eigenvalue weighted by molar-refractivity contribution is 0.195. The van der Waals surface area contributed by atoms with Gasteiger partial charge in [-0.15, -0.1) is 11.3 Å². The minimum Gasteiger partial charge on any atom is -0.456 e. The Hall–Kier alpha value is -6.76. The fourth-order valence-corrected chi connectivity index (χ4v) is 15.2. The average molecular weight is 984 g/mol. The highest BCUT2D eigenvalue weighted by Gasteiger charge is 2.58. The molecular formula is C68H66BN3OS. The number of hydrogen-bond acceptors (Lipinski definition) is 5. The van der Waals surface area contributed by atoms with Crippen LogP contribution in [0.2, 0.25) is 0 Å². The van der Waals surface area contributed by atoms with Gasteiger partial charge in [-0.1, -0.05) is 167 Å². The third-order valence-corrected chi connectivity index (χ3v) is 19.4. The minimum absolute atomic E-state index is 0.0293. The number of rotatable bonds is 3. The molecule has 14 rings (SSSR count). The van der Waals surface area contributed by atoms with Gasteiger partial charge in [-0.2, -0.15) is 0 Å². The molecule has 5 heterocycles. The lowest BCUT2D eigenvalue weighted by Crippen LogP contribution is -2.62. The van der Waals surface area contributed by atoms with Gasteiger partial charge in [-0.3, -0.25) is 0 Å². The van der Waals surface area contributed by atoms with E-state index in [4.69, 9.17) is 4.42 Å². The second kappa shape index (κ2) is 15.4. The number of benzene rings is 8. The number of para-hydroxylation sites is 1. The van der Waals surface area contributed by atoms with Gasteiger partial charge in [-0.25, -0.2) is 0 Å². The first kappa shape index (κ1) is 45.8. The van der Waals surface area contributed by atoms with Crippen molar-refractivity contribution in [3.8, 4) is 0 Å². The molecule has 2 aromatic heterocycles. The molecule has 4 aliphatic rings. The van der Waals surface area contributed by atoms with Crippen LogP contribution in [0.5, 0.6) is 0 Å². The van der Waals surface area contributed by atoms with Gasteiger partial charge in [0.05, 0.1) is 22.3 Å². The standard InChI is InChI=1S/C68H66BN3OS/c1-64(2,3)41-28-31-50-47(36-41)67(10)34-16-17-35-68(67,11)72(50)44-39-55-63-56(40-44)71(54-23-19-27-60-62(54)46-21-13-15-26-59(46)74-60)52-33-30-43(66(7,8)9)38-49(52)69(63)48-37-42(65(4,5)6)29-32-51(48)70(55)53-22-18-25-58-61(53)45-20-12-14-24-57(45)73-58/h12-15,18-33,36-40H,16-17,34-35H2,1-11H3. The first-order chi connectivity index (χ1) is 35.3. The predicted molar refractivity (Wildman–Crippen MR) is 320 cm³/mol. The zero-order valence-corrected chi connectivity index (χ0v) is 45.8. The van der Waals surface area contributed by atoms with E-state index in [0.717, 1.165) is 40.5 Å². The second-order valence-corrected chi connectivity index (χ2v) is 26.8. The van der Waals surface area contributed by atoms with E-state index in [1.807, 2.05) is 11.3 Å². The van der Waals surface area contributed by atoms with Crippen molar-refractivity contribution in [2.24, 2.45) is 0 Å². The third-order valence-electron chi connectivity index (χ3n) is 18.3. The highest BCUT2D eigenvalue weighted by molar-refractivity contribution is 7.26. The molecule has 1 saturated carbocycles. The fraction of sp³-hybridized carbons (Fsp3) is 0.294. The van der Waals surface area contributed by atoms with Gasteiger partial charge in [-0.05, 0) is 141 Å². The van der Waals surface area contributed by atoms with E-state index >= 15 is 0 Å². The molecule has 0 saturated heterocycles. The Balaban J connectivity index is 1.16. The summed E-state index contributed by atoms with van der Waals surface area (Å²) in [5, 5.41) is 4.88. The Bertz CT molecular complexity index is 3800. The van der Waals surface area contributed by atoms with Crippen molar-refractivity contribution in [2.75, 3.05) is 14.7 Å². The number of hydrogen-bond donors (Lipinski definition) is 0. The summed E-state index contributed by atoms with van der Waals surface area (Å²) in [7, 11) is 0. The maximum Gasteiger partial charge on any atom is 0.252 e. The Labute approximate surface area is 441 Å². The number of thiophene rings is 1. The summed E-state index contributed by atoms with van der Waals surface area (Å²) in [6, 6.07) is 58.9. The molecular weight excluding hydrogens is 918 g/mol. The smallest absolute Gasteiger partial charge is 0.252 e. The highest BCUT2D eigenvalue weighted by atomic mass is 32.1. The van der Waals surface area contributed by atoms with Crippen molar-refractivity contribution in [2.45, 2.75) is 129 Å². The Morgan fingerprint density at radius 2 is 1.00 bits per heavy atom. The van der Waals surface area contributed by atoms with Crippen molar-refractivity contribution in [3.63, 3.8) is 0 Å². The second-order valence-electron chi connectivity index (χ2n) is 25.7. The molecule has 0 radical (unpaired) electrons. The van der Waals surface area contributed by atoms with Crippen LogP contribution in [0.25, 0.3) is 42.1 Å². The Morgan fingerprint density at radius 3 is 1.65 bits per heavy atom. The van der Waals surface area contributed by atoms with E-state index in [1.54, 1.807) is 0 Å².